The summed E-state index contributed by atoms with van der Waals surface area (Å²) < 4.78 is 0. The van der Waals surface area contributed by atoms with Crippen LogP contribution in [-0.2, 0) is 0 Å². The molecule has 0 fully saturated rings. The van der Waals surface area contributed by atoms with Crippen LogP contribution in [-0.4, -0.2) is 5.50 Å². The molecule has 0 saturated heterocycles. The van der Waals surface area contributed by atoms with Gasteiger partial charge in [-0.25, -0.2) is 0 Å². The molecule has 0 aromatic rings. The third-order valence-corrected chi connectivity index (χ3v) is 1.62. The second-order valence-corrected chi connectivity index (χ2v) is 2.59. The number of hydrogen-bond donors (Lipinski definition) is 1. The molecule has 2 nitrogen and oxygen atoms in total. The molecule has 0 bridgehead atoms. The maximum Gasteiger partial charge on any atom is 0.121 e. The van der Waals surface area contributed by atoms with E-state index in [1.165, 1.54) is 0 Å². The van der Waals surface area contributed by atoms with Crippen LogP contribution in [0.4, 0.5) is 0 Å². The lowest BCUT2D eigenvalue weighted by molar-refractivity contribution is 0.875. The Labute approximate surface area is 68.7 Å². The van der Waals surface area contributed by atoms with Gasteiger partial charge < -0.3 is 5.32 Å². The smallest absolute Gasteiger partial charge is 0.121 e. The van der Waals surface area contributed by atoms with Gasteiger partial charge in [0.15, 0.2) is 0 Å². The van der Waals surface area contributed by atoms with Gasteiger partial charge in [-0.2, -0.15) is 5.26 Å². The first-order chi connectivity index (χ1) is 4.74. The van der Waals surface area contributed by atoms with Crippen molar-refractivity contribution in [2.45, 2.75) is 5.50 Å². The van der Waals surface area contributed by atoms with Crippen LogP contribution in [0, 0.1) is 11.3 Å². The predicted octanol–water partition coefficient (Wildman–Crippen LogP) is 1.68. The summed E-state index contributed by atoms with van der Waals surface area (Å²) in [6, 6.07) is 1.91. The zero-order valence-corrected chi connectivity index (χ0v) is 6.45. The molecule has 1 aliphatic heterocycles. The maximum absolute atomic E-state index is 8.42. The second kappa shape index (κ2) is 2.96. The summed E-state index contributed by atoms with van der Waals surface area (Å²) in [6.45, 7) is 0. The van der Waals surface area contributed by atoms with Gasteiger partial charge in [-0.05, 0) is 12.2 Å². The van der Waals surface area contributed by atoms with Gasteiger partial charge in [0.25, 0.3) is 0 Å². The van der Waals surface area contributed by atoms with E-state index in [0.717, 1.165) is 0 Å². The molecule has 0 aromatic heterocycles. The van der Waals surface area contributed by atoms with Crippen LogP contribution in [0.25, 0.3) is 0 Å². The fourth-order valence-corrected chi connectivity index (χ4v) is 1.05. The van der Waals surface area contributed by atoms with Crippen LogP contribution in [0.3, 0.4) is 0 Å². The standard InChI is InChI=1S/C6H4Cl2N2/c7-5-2-1-4(3-9)6(8)10-5/h1-2,5,10H. The number of hydrogen-bond acceptors (Lipinski definition) is 2. The average molecular weight is 175 g/mol. The Hall–Kier alpha value is -0.650. The first kappa shape index (κ1) is 7.46. The fraction of sp³-hybridized carbons (Fsp3) is 0.167. The molecule has 0 aliphatic carbocycles. The van der Waals surface area contributed by atoms with Gasteiger partial charge in [0.1, 0.15) is 16.7 Å². The van der Waals surface area contributed by atoms with Crippen molar-refractivity contribution in [3.8, 4) is 6.07 Å². The number of allylic oxidation sites excluding steroid dienone is 2. The highest BCUT2D eigenvalue weighted by Gasteiger charge is 2.09. The van der Waals surface area contributed by atoms with E-state index >= 15 is 0 Å². The van der Waals surface area contributed by atoms with Crippen molar-refractivity contribution in [2.24, 2.45) is 0 Å². The summed E-state index contributed by atoms with van der Waals surface area (Å²) in [5.74, 6) is 0. The number of rotatable bonds is 0. The molecular weight excluding hydrogens is 171 g/mol. The van der Waals surface area contributed by atoms with Crippen molar-refractivity contribution in [2.75, 3.05) is 0 Å². The minimum absolute atomic E-state index is 0.301. The molecule has 52 valence electrons. The lowest BCUT2D eigenvalue weighted by Gasteiger charge is -2.12. The number of nitrogens with one attached hydrogen (secondary N) is 1. The van der Waals surface area contributed by atoms with E-state index in [9.17, 15) is 0 Å². The van der Waals surface area contributed by atoms with Crippen LogP contribution in [0.15, 0.2) is 22.9 Å². The molecule has 1 aliphatic rings. The van der Waals surface area contributed by atoms with Gasteiger partial charge in [-0.15, -0.1) is 0 Å². The molecule has 1 rings (SSSR count). The minimum Gasteiger partial charge on any atom is -0.356 e. The van der Waals surface area contributed by atoms with E-state index in [1.807, 2.05) is 6.07 Å². The number of dihydropyridines is 1. The normalized spacial score (nSPS) is 23.9. The van der Waals surface area contributed by atoms with Crippen molar-refractivity contribution in [1.29, 1.82) is 5.26 Å². The van der Waals surface area contributed by atoms with Gasteiger partial charge in [0.2, 0.25) is 0 Å². The third-order valence-electron chi connectivity index (χ3n) is 1.05. The Morgan fingerprint density at radius 2 is 2.40 bits per heavy atom. The van der Waals surface area contributed by atoms with E-state index in [-0.39, 0.29) is 5.50 Å². The summed E-state index contributed by atoms with van der Waals surface area (Å²) >= 11 is 11.2. The van der Waals surface area contributed by atoms with Crippen LogP contribution in [0.2, 0.25) is 0 Å². The Morgan fingerprint density at radius 3 is 2.90 bits per heavy atom. The molecule has 1 atom stereocenters. The molecule has 1 N–H and O–H groups in total. The number of nitriles is 1. The zero-order valence-electron chi connectivity index (χ0n) is 4.94. The fourth-order valence-electron chi connectivity index (χ4n) is 0.587. The van der Waals surface area contributed by atoms with Crippen molar-refractivity contribution in [3.05, 3.63) is 22.9 Å². The van der Waals surface area contributed by atoms with Crippen LogP contribution < -0.4 is 5.32 Å². The predicted molar refractivity (Wildman–Crippen MR) is 40.4 cm³/mol. The van der Waals surface area contributed by atoms with E-state index in [4.69, 9.17) is 28.5 Å². The lowest BCUT2D eigenvalue weighted by atomic mass is 10.2. The first-order valence-corrected chi connectivity index (χ1v) is 3.44. The van der Waals surface area contributed by atoms with Gasteiger partial charge >= 0.3 is 0 Å². The number of alkyl halides is 1. The van der Waals surface area contributed by atoms with Gasteiger partial charge in [0.05, 0.1) is 5.57 Å². The first-order valence-electron chi connectivity index (χ1n) is 2.62. The third kappa shape index (κ3) is 1.44. The molecule has 0 spiro atoms. The van der Waals surface area contributed by atoms with Crippen molar-refractivity contribution < 1.29 is 0 Å². The van der Waals surface area contributed by atoms with E-state index in [1.54, 1.807) is 12.2 Å². The molecule has 0 amide bonds. The molecule has 10 heavy (non-hydrogen) atoms. The van der Waals surface area contributed by atoms with Crippen molar-refractivity contribution in [3.63, 3.8) is 0 Å². The number of nitrogens with zero attached hydrogens (tertiary/aromatic N) is 1. The Bertz CT molecular complexity index is 237. The molecule has 1 heterocycles. The van der Waals surface area contributed by atoms with Gasteiger partial charge in [0, 0.05) is 0 Å². The molecule has 0 saturated carbocycles. The van der Waals surface area contributed by atoms with E-state index < -0.39 is 0 Å². The summed E-state index contributed by atoms with van der Waals surface area (Å²) in [4.78, 5) is 0. The van der Waals surface area contributed by atoms with Gasteiger partial charge in [-0.3, -0.25) is 0 Å². The lowest BCUT2D eigenvalue weighted by Crippen LogP contribution is -2.22. The SMILES string of the molecule is N#CC1=C(Cl)NC(Cl)C=C1. The summed E-state index contributed by atoms with van der Waals surface area (Å²) in [6.07, 6.45) is 3.25. The molecule has 0 aromatic carbocycles. The van der Waals surface area contributed by atoms with Crippen molar-refractivity contribution in [1.82, 2.24) is 5.32 Å². The summed E-state index contributed by atoms with van der Waals surface area (Å²) in [5.41, 5.74) is 0.114. The summed E-state index contributed by atoms with van der Waals surface area (Å²) in [5, 5.41) is 11.4. The maximum atomic E-state index is 8.42. The average Bonchev–Trinajstić information content (AvgIpc) is 1.88. The molecule has 0 radical (unpaired) electrons. The second-order valence-electron chi connectivity index (χ2n) is 1.74. The molecule has 4 heteroatoms. The number of halogens is 2. The van der Waals surface area contributed by atoms with Crippen LogP contribution in [0.5, 0.6) is 0 Å². The highest BCUT2D eigenvalue weighted by atomic mass is 35.5. The van der Waals surface area contributed by atoms with Crippen molar-refractivity contribution >= 4 is 23.2 Å². The Balaban J connectivity index is 2.86. The molecule has 1 unspecified atom stereocenters. The highest BCUT2D eigenvalue weighted by Crippen LogP contribution is 2.14. The highest BCUT2D eigenvalue weighted by molar-refractivity contribution is 6.31. The summed E-state index contributed by atoms with van der Waals surface area (Å²) in [7, 11) is 0. The zero-order chi connectivity index (χ0) is 7.56. The van der Waals surface area contributed by atoms with E-state index in [2.05, 4.69) is 5.32 Å². The Kier molecular flexibility index (Phi) is 2.21. The Morgan fingerprint density at radius 1 is 1.70 bits per heavy atom. The van der Waals surface area contributed by atoms with Gasteiger partial charge in [-0.1, -0.05) is 23.2 Å². The quantitative estimate of drug-likeness (QED) is 0.449. The van der Waals surface area contributed by atoms with Crippen LogP contribution >= 0.6 is 23.2 Å². The van der Waals surface area contributed by atoms with E-state index in [0.29, 0.717) is 10.7 Å². The molecular formula is C6H4Cl2N2. The van der Waals surface area contributed by atoms with Crippen LogP contribution in [0.1, 0.15) is 0 Å². The monoisotopic (exact) mass is 174 g/mol. The topological polar surface area (TPSA) is 35.8 Å². The largest absolute Gasteiger partial charge is 0.356 e. The minimum atomic E-state index is -0.301.